The van der Waals surface area contributed by atoms with Crippen molar-refractivity contribution in [3.8, 4) is 5.69 Å². The maximum absolute atomic E-state index is 12.9. The highest BCUT2D eigenvalue weighted by Crippen LogP contribution is 2.22. The summed E-state index contributed by atoms with van der Waals surface area (Å²) in [6.45, 7) is 0. The molecule has 1 aromatic heterocycles. The Labute approximate surface area is 106 Å². The van der Waals surface area contributed by atoms with E-state index in [0.717, 1.165) is 21.1 Å². The highest BCUT2D eigenvalue weighted by atomic mass is 79.9. The van der Waals surface area contributed by atoms with Crippen molar-refractivity contribution in [2.75, 3.05) is 0 Å². The Morgan fingerprint density at radius 3 is 2.59 bits per heavy atom. The lowest BCUT2D eigenvalue weighted by atomic mass is 10.2. The molecule has 84 valence electrons. The van der Waals surface area contributed by atoms with Crippen LogP contribution in [0.1, 0.15) is 0 Å². The molecule has 0 N–H and O–H groups in total. The summed E-state index contributed by atoms with van der Waals surface area (Å²) in [6.07, 6.45) is 1.80. The Morgan fingerprint density at radius 2 is 1.82 bits per heavy atom. The maximum atomic E-state index is 12.9. The van der Waals surface area contributed by atoms with Crippen LogP contribution in [0.3, 0.4) is 0 Å². The van der Waals surface area contributed by atoms with Gasteiger partial charge in [-0.3, -0.25) is 0 Å². The number of aromatic nitrogens is 2. The smallest absolute Gasteiger partial charge is 0.123 e. The number of halogens is 2. The van der Waals surface area contributed by atoms with E-state index in [1.54, 1.807) is 23.0 Å². The van der Waals surface area contributed by atoms with E-state index < -0.39 is 0 Å². The quantitative estimate of drug-likeness (QED) is 0.664. The third kappa shape index (κ3) is 1.85. The van der Waals surface area contributed by atoms with Crippen LogP contribution in [0.15, 0.2) is 53.1 Å². The molecule has 0 aliphatic carbocycles. The molecule has 0 unspecified atom stereocenters. The molecule has 0 radical (unpaired) electrons. The Kier molecular flexibility index (Phi) is 2.44. The van der Waals surface area contributed by atoms with Crippen molar-refractivity contribution >= 4 is 26.8 Å². The highest BCUT2D eigenvalue weighted by molar-refractivity contribution is 9.10. The second-order valence-electron chi connectivity index (χ2n) is 3.74. The van der Waals surface area contributed by atoms with E-state index in [9.17, 15) is 4.39 Å². The molecule has 0 saturated carbocycles. The second kappa shape index (κ2) is 3.96. The van der Waals surface area contributed by atoms with E-state index in [1.807, 2.05) is 18.2 Å². The van der Waals surface area contributed by atoms with E-state index >= 15 is 0 Å². The first-order chi connectivity index (χ1) is 8.24. The molecule has 0 saturated heterocycles. The molecule has 17 heavy (non-hydrogen) atoms. The van der Waals surface area contributed by atoms with Gasteiger partial charge in [0, 0.05) is 9.86 Å². The van der Waals surface area contributed by atoms with E-state index in [-0.39, 0.29) is 5.82 Å². The Hall–Kier alpha value is -1.68. The largest absolute Gasteiger partial charge is 0.233 e. The maximum Gasteiger partial charge on any atom is 0.123 e. The number of hydrogen-bond donors (Lipinski definition) is 0. The molecule has 0 fully saturated rings. The van der Waals surface area contributed by atoms with Crippen LogP contribution in [0, 0.1) is 5.82 Å². The van der Waals surface area contributed by atoms with Crippen molar-refractivity contribution in [2.24, 2.45) is 0 Å². The van der Waals surface area contributed by atoms with Gasteiger partial charge in [0.15, 0.2) is 0 Å². The average molecular weight is 291 g/mol. The third-order valence-corrected chi connectivity index (χ3v) is 3.10. The molecule has 0 amide bonds. The summed E-state index contributed by atoms with van der Waals surface area (Å²) in [5, 5.41) is 5.36. The Balaban J connectivity index is 2.23. The first kappa shape index (κ1) is 10.5. The van der Waals surface area contributed by atoms with Gasteiger partial charge < -0.3 is 0 Å². The summed E-state index contributed by atoms with van der Waals surface area (Å²) in [7, 11) is 0. The molecule has 2 aromatic carbocycles. The van der Waals surface area contributed by atoms with Crippen LogP contribution in [-0.2, 0) is 0 Å². The van der Waals surface area contributed by atoms with Crippen LogP contribution < -0.4 is 0 Å². The van der Waals surface area contributed by atoms with E-state index in [0.29, 0.717) is 0 Å². The van der Waals surface area contributed by atoms with Gasteiger partial charge in [-0.25, -0.2) is 9.07 Å². The molecular formula is C13H8BrFN2. The van der Waals surface area contributed by atoms with Crippen molar-refractivity contribution < 1.29 is 4.39 Å². The van der Waals surface area contributed by atoms with Crippen LogP contribution in [-0.4, -0.2) is 9.78 Å². The van der Waals surface area contributed by atoms with Crippen molar-refractivity contribution in [3.05, 3.63) is 59.0 Å². The predicted molar refractivity (Wildman–Crippen MR) is 68.7 cm³/mol. The zero-order valence-corrected chi connectivity index (χ0v) is 10.4. The van der Waals surface area contributed by atoms with Crippen LogP contribution in [0.25, 0.3) is 16.6 Å². The van der Waals surface area contributed by atoms with Gasteiger partial charge in [0.1, 0.15) is 5.82 Å². The van der Waals surface area contributed by atoms with Gasteiger partial charge in [0.05, 0.1) is 17.4 Å². The van der Waals surface area contributed by atoms with Gasteiger partial charge in [0.25, 0.3) is 0 Å². The summed E-state index contributed by atoms with van der Waals surface area (Å²) in [5.41, 5.74) is 1.84. The molecule has 3 aromatic rings. The lowest BCUT2D eigenvalue weighted by molar-refractivity contribution is 0.627. The summed E-state index contributed by atoms with van der Waals surface area (Å²) >= 11 is 3.43. The first-order valence-electron chi connectivity index (χ1n) is 5.13. The van der Waals surface area contributed by atoms with Gasteiger partial charge in [-0.1, -0.05) is 22.0 Å². The van der Waals surface area contributed by atoms with Gasteiger partial charge >= 0.3 is 0 Å². The van der Waals surface area contributed by atoms with Crippen LogP contribution in [0.4, 0.5) is 4.39 Å². The molecule has 0 atom stereocenters. The van der Waals surface area contributed by atoms with Gasteiger partial charge in [-0.05, 0) is 36.4 Å². The SMILES string of the molecule is Fc1ccc(-n2ncc3ccc(Br)cc32)cc1. The lowest BCUT2D eigenvalue weighted by Gasteiger charge is -2.03. The Morgan fingerprint density at radius 1 is 1.06 bits per heavy atom. The molecule has 3 rings (SSSR count). The zero-order valence-electron chi connectivity index (χ0n) is 8.77. The van der Waals surface area contributed by atoms with E-state index in [1.165, 1.54) is 12.1 Å². The molecule has 1 heterocycles. The second-order valence-corrected chi connectivity index (χ2v) is 4.65. The fourth-order valence-electron chi connectivity index (χ4n) is 1.78. The normalized spacial score (nSPS) is 10.9. The number of nitrogens with zero attached hydrogens (tertiary/aromatic N) is 2. The van der Waals surface area contributed by atoms with Gasteiger partial charge in [0.2, 0.25) is 0 Å². The van der Waals surface area contributed by atoms with Crippen molar-refractivity contribution in [3.63, 3.8) is 0 Å². The number of fused-ring (bicyclic) bond motifs is 1. The number of rotatable bonds is 1. The van der Waals surface area contributed by atoms with Crippen LogP contribution >= 0.6 is 15.9 Å². The Bertz CT molecular complexity index is 673. The predicted octanol–water partition coefficient (Wildman–Crippen LogP) is 3.93. The molecule has 0 aliphatic rings. The average Bonchev–Trinajstić information content (AvgIpc) is 2.73. The zero-order chi connectivity index (χ0) is 11.8. The summed E-state index contributed by atoms with van der Waals surface area (Å²) in [4.78, 5) is 0. The summed E-state index contributed by atoms with van der Waals surface area (Å²) in [6, 6.07) is 12.2. The molecule has 2 nitrogen and oxygen atoms in total. The monoisotopic (exact) mass is 290 g/mol. The minimum Gasteiger partial charge on any atom is -0.233 e. The fraction of sp³-hybridized carbons (Fsp3) is 0. The number of hydrogen-bond acceptors (Lipinski definition) is 1. The molecular weight excluding hydrogens is 283 g/mol. The minimum absolute atomic E-state index is 0.244. The van der Waals surface area contributed by atoms with Crippen molar-refractivity contribution in [2.45, 2.75) is 0 Å². The highest BCUT2D eigenvalue weighted by Gasteiger charge is 2.05. The number of benzene rings is 2. The minimum atomic E-state index is -0.244. The van der Waals surface area contributed by atoms with Crippen molar-refractivity contribution in [1.82, 2.24) is 9.78 Å². The third-order valence-electron chi connectivity index (χ3n) is 2.60. The lowest BCUT2D eigenvalue weighted by Crippen LogP contribution is -1.95. The van der Waals surface area contributed by atoms with E-state index in [4.69, 9.17) is 0 Å². The molecule has 0 spiro atoms. The topological polar surface area (TPSA) is 17.8 Å². The van der Waals surface area contributed by atoms with E-state index in [2.05, 4.69) is 21.0 Å². The van der Waals surface area contributed by atoms with Crippen LogP contribution in [0.2, 0.25) is 0 Å². The summed E-state index contributed by atoms with van der Waals surface area (Å²) < 4.78 is 15.7. The van der Waals surface area contributed by atoms with Gasteiger partial charge in [-0.15, -0.1) is 0 Å². The van der Waals surface area contributed by atoms with Gasteiger partial charge in [-0.2, -0.15) is 5.10 Å². The first-order valence-corrected chi connectivity index (χ1v) is 5.92. The molecule has 4 heteroatoms. The summed E-state index contributed by atoms with van der Waals surface area (Å²) in [5.74, 6) is -0.244. The van der Waals surface area contributed by atoms with Crippen molar-refractivity contribution in [1.29, 1.82) is 0 Å². The molecule has 0 aliphatic heterocycles. The molecule has 0 bridgehead atoms. The standard InChI is InChI=1S/C13H8BrFN2/c14-10-2-1-9-8-16-17(13(9)7-10)12-5-3-11(15)4-6-12/h1-8H. The van der Waals surface area contributed by atoms with Crippen LogP contribution in [0.5, 0.6) is 0 Å². The fourth-order valence-corrected chi connectivity index (χ4v) is 2.13.